The lowest BCUT2D eigenvalue weighted by molar-refractivity contribution is -0.143. The average Bonchev–Trinajstić information content (AvgIpc) is 3.53. The Morgan fingerprint density at radius 1 is 0.812 bits per heavy atom. The van der Waals surface area contributed by atoms with Crippen LogP contribution in [0.5, 0.6) is 0 Å². The highest BCUT2D eigenvalue weighted by atomic mass is 16.4. The summed E-state index contributed by atoms with van der Waals surface area (Å²) in [7, 11) is 0. The van der Waals surface area contributed by atoms with E-state index in [1.165, 1.54) is 4.90 Å². The molecule has 0 bridgehead atoms. The van der Waals surface area contributed by atoms with Gasteiger partial charge in [-0.2, -0.15) is 0 Å². The second-order valence-corrected chi connectivity index (χ2v) is 11.8. The molecule has 0 aromatic rings. The summed E-state index contributed by atoms with van der Waals surface area (Å²) in [5.41, 5.74) is 10.7. The molecule has 0 saturated carbocycles. The number of carboxylic acids is 2. The number of amides is 6. The van der Waals surface area contributed by atoms with Crippen LogP contribution < -0.4 is 38.1 Å². The molecule has 19 nitrogen and oxygen atoms in total. The molecule has 1 fully saturated rings. The Bertz CT molecular complexity index is 1150. The van der Waals surface area contributed by atoms with E-state index in [1.807, 2.05) is 13.8 Å². The van der Waals surface area contributed by atoms with Crippen molar-refractivity contribution in [2.75, 3.05) is 32.8 Å². The van der Waals surface area contributed by atoms with Gasteiger partial charge < -0.3 is 58.3 Å². The molecule has 1 aliphatic rings. The Kier molecular flexibility index (Phi) is 18.7. The number of aliphatic carboxylic acids is 2. The first-order valence-corrected chi connectivity index (χ1v) is 15.9. The van der Waals surface area contributed by atoms with E-state index >= 15 is 0 Å². The molecule has 272 valence electrons. The SMILES string of the molecule is CC(C)C[C@H](NC(=O)[C@@H]1CCCN1C(=O)CNC(=O)[C@H](CCC(=O)O)NC(=O)[C@H](CO)NC(=O)CN)C(=O)N[C@@H](CCCCN)C(=O)O. The second-order valence-electron chi connectivity index (χ2n) is 11.8. The number of aliphatic hydroxyl groups excluding tert-OH is 1. The topological polar surface area (TPSA) is 313 Å². The first-order valence-electron chi connectivity index (χ1n) is 15.9. The second kappa shape index (κ2) is 21.5. The number of carbonyl (C=O) groups excluding carboxylic acids is 6. The molecule has 0 radical (unpaired) electrons. The zero-order chi connectivity index (χ0) is 36.4. The summed E-state index contributed by atoms with van der Waals surface area (Å²) in [6, 6.07) is -6.17. The van der Waals surface area contributed by atoms with Crippen LogP contribution in [0.3, 0.4) is 0 Å². The minimum absolute atomic E-state index is 0.0581. The lowest BCUT2D eigenvalue weighted by Gasteiger charge is -2.28. The van der Waals surface area contributed by atoms with Crippen molar-refractivity contribution in [3.63, 3.8) is 0 Å². The fourth-order valence-corrected chi connectivity index (χ4v) is 4.97. The summed E-state index contributed by atoms with van der Waals surface area (Å²) in [6.07, 6.45) is 1.19. The summed E-state index contributed by atoms with van der Waals surface area (Å²) in [5, 5.41) is 39.9. The van der Waals surface area contributed by atoms with Gasteiger partial charge in [0, 0.05) is 13.0 Å². The minimum atomic E-state index is -1.47. The molecule has 0 aromatic heterocycles. The lowest BCUT2D eigenvalue weighted by Crippen LogP contribution is -2.57. The van der Waals surface area contributed by atoms with Crippen LogP contribution in [0.25, 0.3) is 0 Å². The monoisotopic (exact) mass is 686 g/mol. The molecule has 0 aromatic carbocycles. The zero-order valence-corrected chi connectivity index (χ0v) is 27.4. The van der Waals surface area contributed by atoms with Crippen molar-refractivity contribution in [1.29, 1.82) is 0 Å². The van der Waals surface area contributed by atoms with Crippen molar-refractivity contribution >= 4 is 47.4 Å². The molecule has 12 N–H and O–H groups in total. The van der Waals surface area contributed by atoms with Crippen LogP contribution in [0.4, 0.5) is 0 Å². The van der Waals surface area contributed by atoms with Gasteiger partial charge in [0.15, 0.2) is 0 Å². The maximum absolute atomic E-state index is 13.3. The summed E-state index contributed by atoms with van der Waals surface area (Å²) in [5.74, 6) is -7.20. The van der Waals surface area contributed by atoms with E-state index in [-0.39, 0.29) is 38.1 Å². The first kappa shape index (κ1) is 41.7. The molecule has 1 heterocycles. The highest BCUT2D eigenvalue weighted by Gasteiger charge is 2.37. The molecule has 1 rings (SSSR count). The quantitative estimate of drug-likeness (QED) is 0.0488. The van der Waals surface area contributed by atoms with Gasteiger partial charge in [-0.1, -0.05) is 13.8 Å². The summed E-state index contributed by atoms with van der Waals surface area (Å²) < 4.78 is 0. The summed E-state index contributed by atoms with van der Waals surface area (Å²) in [6.45, 7) is 2.25. The van der Waals surface area contributed by atoms with Gasteiger partial charge in [0.2, 0.25) is 35.4 Å². The van der Waals surface area contributed by atoms with Crippen molar-refractivity contribution < 1.29 is 53.7 Å². The van der Waals surface area contributed by atoms with Gasteiger partial charge in [-0.15, -0.1) is 0 Å². The van der Waals surface area contributed by atoms with E-state index in [0.29, 0.717) is 25.8 Å². The number of aliphatic hydroxyl groups is 1. The van der Waals surface area contributed by atoms with Crippen LogP contribution in [0.2, 0.25) is 0 Å². The van der Waals surface area contributed by atoms with E-state index < -0.39 is 104 Å². The van der Waals surface area contributed by atoms with Crippen molar-refractivity contribution in [1.82, 2.24) is 31.5 Å². The van der Waals surface area contributed by atoms with Crippen molar-refractivity contribution in [3.8, 4) is 0 Å². The molecule has 6 amide bonds. The van der Waals surface area contributed by atoms with E-state index in [1.54, 1.807) is 0 Å². The predicted molar refractivity (Wildman–Crippen MR) is 168 cm³/mol. The highest BCUT2D eigenvalue weighted by molar-refractivity contribution is 5.96. The molecule has 0 aliphatic carbocycles. The Hall–Kier alpha value is -4.36. The van der Waals surface area contributed by atoms with Gasteiger partial charge >= 0.3 is 11.9 Å². The van der Waals surface area contributed by atoms with E-state index in [2.05, 4.69) is 26.6 Å². The third-order valence-corrected chi connectivity index (χ3v) is 7.49. The van der Waals surface area contributed by atoms with E-state index in [0.717, 1.165) is 0 Å². The Balaban J connectivity index is 2.94. The van der Waals surface area contributed by atoms with Gasteiger partial charge in [0.1, 0.15) is 30.2 Å². The first-order chi connectivity index (χ1) is 22.6. The van der Waals surface area contributed by atoms with Crippen molar-refractivity contribution in [2.45, 2.75) is 95.4 Å². The molecule has 1 aliphatic heterocycles. The summed E-state index contributed by atoms with van der Waals surface area (Å²) in [4.78, 5) is 101. The van der Waals surface area contributed by atoms with E-state index in [9.17, 15) is 48.6 Å². The van der Waals surface area contributed by atoms with Crippen molar-refractivity contribution in [2.24, 2.45) is 17.4 Å². The third-order valence-electron chi connectivity index (χ3n) is 7.49. The molecular formula is C29H50N8O11. The van der Waals surface area contributed by atoms with Gasteiger partial charge in [0.05, 0.1) is 19.7 Å². The fraction of sp³-hybridized carbons (Fsp3) is 0.724. The molecule has 5 atom stereocenters. The molecule has 1 saturated heterocycles. The van der Waals surface area contributed by atoms with Crippen LogP contribution in [0, 0.1) is 5.92 Å². The predicted octanol–water partition coefficient (Wildman–Crippen LogP) is -3.89. The minimum Gasteiger partial charge on any atom is -0.481 e. The van der Waals surface area contributed by atoms with E-state index in [4.69, 9.17) is 16.6 Å². The van der Waals surface area contributed by atoms with Crippen LogP contribution in [-0.2, 0) is 38.4 Å². The Morgan fingerprint density at radius 3 is 2.02 bits per heavy atom. The van der Waals surface area contributed by atoms with Crippen LogP contribution >= 0.6 is 0 Å². The summed E-state index contributed by atoms with van der Waals surface area (Å²) >= 11 is 0. The number of likely N-dealkylation sites (tertiary alicyclic amines) is 1. The smallest absolute Gasteiger partial charge is 0.326 e. The van der Waals surface area contributed by atoms with Crippen molar-refractivity contribution in [3.05, 3.63) is 0 Å². The fourth-order valence-electron chi connectivity index (χ4n) is 4.97. The lowest BCUT2D eigenvalue weighted by atomic mass is 10.0. The number of carbonyl (C=O) groups is 8. The normalized spacial score (nSPS) is 16.6. The number of nitrogens with zero attached hydrogens (tertiary/aromatic N) is 1. The van der Waals surface area contributed by atoms with Gasteiger partial charge in [-0.3, -0.25) is 33.6 Å². The number of carboxylic acid groups (broad SMARTS) is 2. The van der Waals surface area contributed by atoms with Crippen LogP contribution in [0.1, 0.15) is 65.2 Å². The molecule has 0 unspecified atom stereocenters. The number of unbranched alkanes of at least 4 members (excludes halogenated alkanes) is 1. The molecular weight excluding hydrogens is 636 g/mol. The molecule has 0 spiro atoms. The molecule has 19 heteroatoms. The largest absolute Gasteiger partial charge is 0.481 e. The van der Waals surface area contributed by atoms with Gasteiger partial charge in [-0.05, 0) is 57.4 Å². The highest BCUT2D eigenvalue weighted by Crippen LogP contribution is 2.18. The average molecular weight is 687 g/mol. The number of hydrogen-bond donors (Lipinski definition) is 10. The third kappa shape index (κ3) is 14.6. The molecule has 48 heavy (non-hydrogen) atoms. The van der Waals surface area contributed by atoms with Crippen LogP contribution in [-0.4, -0.2) is 131 Å². The van der Waals surface area contributed by atoms with Gasteiger partial charge in [-0.25, -0.2) is 4.79 Å². The Labute approximate surface area is 278 Å². The number of nitrogens with one attached hydrogen (secondary N) is 5. The number of rotatable bonds is 22. The maximum atomic E-state index is 13.3. The maximum Gasteiger partial charge on any atom is 0.326 e. The zero-order valence-electron chi connectivity index (χ0n) is 27.4. The van der Waals surface area contributed by atoms with Gasteiger partial charge in [0.25, 0.3) is 0 Å². The number of nitrogens with two attached hydrogens (primary N) is 2. The van der Waals surface area contributed by atoms with Crippen LogP contribution in [0.15, 0.2) is 0 Å². The Morgan fingerprint density at radius 2 is 1.46 bits per heavy atom. The standard InChI is InChI=1S/C29H50N8O11/c1-16(2)12-19(26(44)35-18(29(47)48)6-3-4-10-30)36-28(46)21-7-5-11-37(21)23(40)14-32-25(43)17(8-9-24(41)42)34-27(45)20(15-38)33-22(39)13-31/h16-21,38H,3-15,30-31H2,1-2H3,(H,32,43)(H,33,39)(H,34,45)(H,35,44)(H,36,46)(H,41,42)(H,47,48)/t17-,18-,19-,20-,21-/m0/s1. The number of hydrogen-bond acceptors (Lipinski definition) is 11.